The van der Waals surface area contributed by atoms with Gasteiger partial charge in [0.05, 0.1) is 6.61 Å². The van der Waals surface area contributed by atoms with Crippen molar-refractivity contribution in [2.24, 2.45) is 5.92 Å². The molecule has 1 saturated carbocycles. The predicted molar refractivity (Wildman–Crippen MR) is 105 cm³/mol. The van der Waals surface area contributed by atoms with E-state index in [0.29, 0.717) is 18.6 Å². The van der Waals surface area contributed by atoms with E-state index >= 15 is 0 Å². The van der Waals surface area contributed by atoms with E-state index in [-0.39, 0.29) is 23.8 Å². The first-order chi connectivity index (χ1) is 13.5. The zero-order valence-electron chi connectivity index (χ0n) is 16.0. The molecule has 1 spiro atoms. The standard InChI is InChI=1S/C23H25NO4/c1-2-22(21(26)27,16-8-4-3-5-9-16)15-24-20(25)18-14-23(18)12-13-28-19-11-7-6-10-17(19)23/h3-11,18H,2,12-15H2,1H3,(H,24,25)(H,26,27)/t18-,22?,23-/m0/s1. The van der Waals surface area contributed by atoms with Gasteiger partial charge in [0.1, 0.15) is 11.2 Å². The van der Waals surface area contributed by atoms with E-state index in [0.717, 1.165) is 24.2 Å². The number of carboxylic acids is 1. The summed E-state index contributed by atoms with van der Waals surface area (Å²) in [4.78, 5) is 25.1. The lowest BCUT2D eigenvalue weighted by molar-refractivity contribution is -0.144. The van der Waals surface area contributed by atoms with Crippen LogP contribution in [0.4, 0.5) is 0 Å². The van der Waals surface area contributed by atoms with Crippen LogP contribution in [-0.2, 0) is 20.4 Å². The normalized spacial score (nSPS) is 24.5. The molecule has 5 heteroatoms. The number of carbonyl (C=O) groups excluding carboxylic acids is 1. The topological polar surface area (TPSA) is 75.6 Å². The summed E-state index contributed by atoms with van der Waals surface area (Å²) in [5, 5.41) is 12.9. The largest absolute Gasteiger partial charge is 0.493 e. The Kier molecular flexibility index (Phi) is 4.61. The number of aliphatic carboxylic acids is 1. The number of nitrogens with one attached hydrogen (secondary N) is 1. The van der Waals surface area contributed by atoms with Crippen molar-refractivity contribution in [2.75, 3.05) is 13.2 Å². The summed E-state index contributed by atoms with van der Waals surface area (Å²) < 4.78 is 5.74. The Morgan fingerprint density at radius 1 is 1.18 bits per heavy atom. The van der Waals surface area contributed by atoms with Crippen LogP contribution in [0, 0.1) is 5.92 Å². The monoisotopic (exact) mass is 379 g/mol. The second-order valence-electron chi connectivity index (χ2n) is 7.83. The van der Waals surface area contributed by atoms with E-state index in [9.17, 15) is 14.7 Å². The van der Waals surface area contributed by atoms with E-state index in [2.05, 4.69) is 5.32 Å². The first-order valence-electron chi connectivity index (χ1n) is 9.82. The van der Waals surface area contributed by atoms with Crippen LogP contribution in [-0.4, -0.2) is 30.1 Å². The average Bonchev–Trinajstić information content (AvgIpc) is 3.44. The van der Waals surface area contributed by atoms with Gasteiger partial charge in [0, 0.05) is 23.4 Å². The van der Waals surface area contributed by atoms with E-state index in [1.165, 1.54) is 0 Å². The number of rotatable bonds is 6. The van der Waals surface area contributed by atoms with Crippen molar-refractivity contribution >= 4 is 11.9 Å². The molecule has 1 amide bonds. The van der Waals surface area contributed by atoms with E-state index in [1.54, 1.807) is 0 Å². The van der Waals surface area contributed by atoms with Crippen molar-refractivity contribution in [3.05, 3.63) is 65.7 Å². The number of carboxylic acid groups (broad SMARTS) is 1. The number of benzene rings is 2. The van der Waals surface area contributed by atoms with E-state index in [4.69, 9.17) is 4.74 Å². The molecule has 0 radical (unpaired) electrons. The summed E-state index contributed by atoms with van der Waals surface area (Å²) in [6.45, 7) is 2.55. The summed E-state index contributed by atoms with van der Waals surface area (Å²) >= 11 is 0. The zero-order valence-corrected chi connectivity index (χ0v) is 16.0. The van der Waals surface area contributed by atoms with Crippen LogP contribution in [0.25, 0.3) is 0 Å². The van der Waals surface area contributed by atoms with Gasteiger partial charge in [0.15, 0.2) is 0 Å². The third-order valence-corrected chi connectivity index (χ3v) is 6.52. The van der Waals surface area contributed by atoms with Gasteiger partial charge >= 0.3 is 5.97 Å². The lowest BCUT2D eigenvalue weighted by Crippen LogP contribution is -2.47. The molecule has 5 nitrogen and oxygen atoms in total. The van der Waals surface area contributed by atoms with Gasteiger partial charge in [-0.15, -0.1) is 0 Å². The van der Waals surface area contributed by atoms with Crippen LogP contribution in [0.1, 0.15) is 37.3 Å². The first kappa shape index (κ1) is 18.5. The molecule has 0 bridgehead atoms. The molecule has 2 aromatic rings. The number of amides is 1. The second kappa shape index (κ2) is 6.97. The minimum atomic E-state index is -1.12. The maximum absolute atomic E-state index is 13.0. The summed E-state index contributed by atoms with van der Waals surface area (Å²) in [5.74, 6) is -0.242. The van der Waals surface area contributed by atoms with E-state index < -0.39 is 11.4 Å². The van der Waals surface area contributed by atoms with Crippen molar-refractivity contribution < 1.29 is 19.4 Å². The fourth-order valence-corrected chi connectivity index (χ4v) is 4.60. The number of para-hydroxylation sites is 1. The molecule has 2 N–H and O–H groups in total. The molecule has 0 saturated heterocycles. The van der Waals surface area contributed by atoms with Gasteiger partial charge in [0.25, 0.3) is 0 Å². The fraction of sp³-hybridized carbons (Fsp3) is 0.391. The Morgan fingerprint density at radius 2 is 1.89 bits per heavy atom. The van der Waals surface area contributed by atoms with Crippen molar-refractivity contribution in [2.45, 2.75) is 37.0 Å². The maximum Gasteiger partial charge on any atom is 0.315 e. The highest BCUT2D eigenvalue weighted by molar-refractivity contribution is 5.87. The highest BCUT2D eigenvalue weighted by Gasteiger charge is 2.61. The Bertz CT molecular complexity index is 896. The minimum Gasteiger partial charge on any atom is -0.493 e. The van der Waals surface area contributed by atoms with Crippen molar-refractivity contribution in [1.29, 1.82) is 0 Å². The van der Waals surface area contributed by atoms with Crippen LogP contribution in [0.5, 0.6) is 5.75 Å². The Balaban J connectivity index is 1.52. The zero-order chi connectivity index (χ0) is 19.8. The van der Waals surface area contributed by atoms with Crippen molar-refractivity contribution in [3.63, 3.8) is 0 Å². The summed E-state index contributed by atoms with van der Waals surface area (Å²) in [6.07, 6.45) is 2.01. The Hall–Kier alpha value is -2.82. The maximum atomic E-state index is 13.0. The highest BCUT2D eigenvalue weighted by Crippen LogP contribution is 2.60. The number of carbonyl (C=O) groups is 2. The van der Waals surface area contributed by atoms with E-state index in [1.807, 2.05) is 61.5 Å². The van der Waals surface area contributed by atoms with Crippen LogP contribution in [0.3, 0.4) is 0 Å². The van der Waals surface area contributed by atoms with Crippen LogP contribution >= 0.6 is 0 Å². The predicted octanol–water partition coefficient (Wildman–Crippen LogP) is 3.28. The molecule has 1 aliphatic heterocycles. The molecule has 4 rings (SSSR count). The molecule has 1 fully saturated rings. The lowest BCUT2D eigenvalue weighted by atomic mass is 9.78. The summed E-state index contributed by atoms with van der Waals surface area (Å²) in [5.41, 5.74) is 0.535. The smallest absolute Gasteiger partial charge is 0.315 e. The molecule has 3 atom stereocenters. The molecular formula is C23H25NO4. The third kappa shape index (κ3) is 2.86. The van der Waals surface area contributed by atoms with Crippen molar-refractivity contribution in [3.8, 4) is 5.75 Å². The summed E-state index contributed by atoms with van der Waals surface area (Å²) in [6, 6.07) is 17.1. The Labute approximate surface area is 164 Å². The Morgan fingerprint density at radius 3 is 2.61 bits per heavy atom. The van der Waals surface area contributed by atoms with Gasteiger partial charge in [-0.3, -0.25) is 9.59 Å². The molecule has 1 unspecified atom stereocenters. The lowest BCUT2D eigenvalue weighted by Gasteiger charge is -2.30. The molecule has 2 aliphatic rings. The SMILES string of the molecule is CCC(CNC(=O)[C@@H]1C[C@]12CCOc1ccccc12)(C(=O)O)c1ccccc1. The van der Waals surface area contributed by atoms with Crippen molar-refractivity contribution in [1.82, 2.24) is 5.32 Å². The molecule has 1 heterocycles. The van der Waals surface area contributed by atoms with Crippen LogP contribution in [0.2, 0.25) is 0 Å². The van der Waals surface area contributed by atoms with Gasteiger partial charge in [-0.25, -0.2) is 0 Å². The third-order valence-electron chi connectivity index (χ3n) is 6.52. The van der Waals surface area contributed by atoms with Gasteiger partial charge in [-0.2, -0.15) is 0 Å². The highest BCUT2D eigenvalue weighted by atomic mass is 16.5. The number of ether oxygens (including phenoxy) is 1. The minimum absolute atomic E-state index is 0.0632. The number of hydrogen-bond donors (Lipinski definition) is 2. The van der Waals surface area contributed by atoms with Gasteiger partial charge in [-0.05, 0) is 30.9 Å². The van der Waals surface area contributed by atoms with Crippen LogP contribution < -0.4 is 10.1 Å². The molecule has 146 valence electrons. The average molecular weight is 379 g/mol. The summed E-state index contributed by atoms with van der Waals surface area (Å²) in [7, 11) is 0. The fourth-order valence-electron chi connectivity index (χ4n) is 4.60. The second-order valence-corrected chi connectivity index (χ2v) is 7.83. The molecule has 2 aromatic carbocycles. The molecular weight excluding hydrogens is 354 g/mol. The number of fused-ring (bicyclic) bond motifs is 2. The quantitative estimate of drug-likeness (QED) is 0.808. The first-order valence-corrected chi connectivity index (χ1v) is 9.82. The van der Waals surface area contributed by atoms with Gasteiger partial charge < -0.3 is 15.2 Å². The van der Waals surface area contributed by atoms with Gasteiger partial charge in [-0.1, -0.05) is 55.5 Å². The molecule has 0 aromatic heterocycles. The van der Waals surface area contributed by atoms with Gasteiger partial charge in [0.2, 0.25) is 5.91 Å². The van der Waals surface area contributed by atoms with Crippen LogP contribution in [0.15, 0.2) is 54.6 Å². The molecule has 28 heavy (non-hydrogen) atoms. The number of hydrogen-bond acceptors (Lipinski definition) is 3. The molecule has 1 aliphatic carbocycles.